The van der Waals surface area contributed by atoms with Crippen molar-refractivity contribution in [3.63, 3.8) is 0 Å². The van der Waals surface area contributed by atoms with E-state index in [1.54, 1.807) is 4.68 Å². The van der Waals surface area contributed by atoms with Gasteiger partial charge in [0, 0.05) is 18.7 Å². The molecule has 2 amide bonds. The van der Waals surface area contributed by atoms with Gasteiger partial charge in [0.2, 0.25) is 5.88 Å². The van der Waals surface area contributed by atoms with Gasteiger partial charge in [-0.1, -0.05) is 19.9 Å². The molecule has 1 aromatic heterocycles. The molecule has 1 aromatic carbocycles. The van der Waals surface area contributed by atoms with Crippen molar-refractivity contribution >= 4 is 21.6 Å². The van der Waals surface area contributed by atoms with Crippen LogP contribution >= 0.6 is 0 Å². The first-order valence-electron chi connectivity index (χ1n) is 11.0. The Labute approximate surface area is 182 Å². The average molecular weight is 444 g/mol. The first-order chi connectivity index (χ1) is 14.8. The molecule has 0 bridgehead atoms. The largest absolute Gasteiger partial charge is 0.477 e. The van der Waals surface area contributed by atoms with Crippen LogP contribution in [0.15, 0.2) is 21.5 Å². The number of carbonyl (C=O) groups is 1. The molecule has 2 atom stereocenters. The third kappa shape index (κ3) is 3.34. The Morgan fingerprint density at radius 1 is 1.35 bits per heavy atom. The standard InChI is InChI=1S/C22H29N5O3S/c1-3-22(2)9-8-15-12-14-6-4-7-16(14)19(18(15)22)25-21(28)26-31(23,29)17-13-24-27-10-5-11-30-20(17)27/h12-13H,3-11H2,1-2H3,(H3,23,25,26,28,29). The fraction of sp³-hybridized carbons (Fsp3) is 0.545. The smallest absolute Gasteiger partial charge is 0.354 e. The number of amides is 2. The van der Waals surface area contributed by atoms with Gasteiger partial charge < -0.3 is 10.1 Å². The average Bonchev–Trinajstić information content (AvgIpc) is 3.45. The van der Waals surface area contributed by atoms with E-state index < -0.39 is 15.9 Å². The van der Waals surface area contributed by atoms with Crippen molar-refractivity contribution in [1.82, 2.24) is 9.78 Å². The molecule has 31 heavy (non-hydrogen) atoms. The monoisotopic (exact) mass is 443 g/mol. The number of fused-ring (bicyclic) bond motifs is 3. The number of aryl methyl sites for hydroxylation is 3. The molecule has 3 aliphatic rings. The van der Waals surface area contributed by atoms with Crippen molar-refractivity contribution < 1.29 is 13.7 Å². The maximum atomic E-state index is 13.2. The highest BCUT2D eigenvalue weighted by atomic mass is 32.2. The van der Waals surface area contributed by atoms with Gasteiger partial charge in [-0.25, -0.2) is 18.8 Å². The van der Waals surface area contributed by atoms with Gasteiger partial charge >= 0.3 is 6.03 Å². The zero-order chi connectivity index (χ0) is 21.8. The topological polar surface area (TPSA) is 112 Å². The van der Waals surface area contributed by atoms with E-state index in [1.807, 2.05) is 0 Å². The first kappa shape index (κ1) is 20.5. The van der Waals surface area contributed by atoms with E-state index >= 15 is 0 Å². The predicted octanol–water partition coefficient (Wildman–Crippen LogP) is 3.70. The second kappa shape index (κ2) is 7.34. The van der Waals surface area contributed by atoms with Gasteiger partial charge in [0.25, 0.3) is 0 Å². The van der Waals surface area contributed by atoms with Crippen molar-refractivity contribution in [3.05, 3.63) is 34.5 Å². The molecule has 3 N–H and O–H groups in total. The quantitative estimate of drug-likeness (QED) is 0.753. The van der Waals surface area contributed by atoms with Crippen LogP contribution in [-0.2, 0) is 41.1 Å². The molecule has 8 nitrogen and oxygen atoms in total. The maximum absolute atomic E-state index is 13.2. The number of rotatable bonds is 3. The van der Waals surface area contributed by atoms with Crippen LogP contribution in [0.2, 0.25) is 0 Å². The van der Waals surface area contributed by atoms with Gasteiger partial charge in [0.1, 0.15) is 4.90 Å². The lowest BCUT2D eigenvalue weighted by molar-refractivity contribution is 0.224. The van der Waals surface area contributed by atoms with E-state index in [9.17, 15) is 9.00 Å². The zero-order valence-electron chi connectivity index (χ0n) is 18.1. The Morgan fingerprint density at radius 3 is 3.00 bits per heavy atom. The Kier molecular flexibility index (Phi) is 4.86. The summed E-state index contributed by atoms with van der Waals surface area (Å²) in [5.74, 6) is 0.343. The summed E-state index contributed by atoms with van der Waals surface area (Å²) in [6.45, 7) is 5.61. The Balaban J connectivity index is 1.53. The molecule has 0 radical (unpaired) electrons. The van der Waals surface area contributed by atoms with E-state index in [-0.39, 0.29) is 10.3 Å². The molecule has 0 saturated carbocycles. The lowest BCUT2D eigenvalue weighted by Crippen LogP contribution is -2.23. The summed E-state index contributed by atoms with van der Waals surface area (Å²) in [7, 11) is -3.49. The van der Waals surface area contributed by atoms with Crippen LogP contribution in [-0.4, -0.2) is 26.6 Å². The molecule has 5 rings (SSSR count). The van der Waals surface area contributed by atoms with Gasteiger partial charge in [0.15, 0.2) is 9.92 Å². The van der Waals surface area contributed by atoms with E-state index in [1.165, 1.54) is 28.5 Å². The van der Waals surface area contributed by atoms with Crippen LogP contribution < -0.4 is 15.2 Å². The minimum Gasteiger partial charge on any atom is -0.477 e. The second-order valence-electron chi connectivity index (χ2n) is 9.02. The number of nitrogens with two attached hydrogens (primary N) is 1. The van der Waals surface area contributed by atoms with Crippen molar-refractivity contribution in [3.8, 4) is 5.88 Å². The number of hydrogen-bond acceptors (Lipinski definition) is 4. The van der Waals surface area contributed by atoms with Gasteiger partial charge in [-0.2, -0.15) is 5.10 Å². The van der Waals surface area contributed by atoms with E-state index in [0.29, 0.717) is 19.0 Å². The first-order valence-corrected chi connectivity index (χ1v) is 12.6. The van der Waals surface area contributed by atoms with Crippen LogP contribution in [0.25, 0.3) is 0 Å². The number of nitrogens with zero attached hydrogens (tertiary/aromatic N) is 3. The molecule has 1 aliphatic heterocycles. The van der Waals surface area contributed by atoms with Crippen LogP contribution in [0.5, 0.6) is 5.88 Å². The highest BCUT2D eigenvalue weighted by Crippen LogP contribution is 2.48. The molecule has 2 heterocycles. The summed E-state index contributed by atoms with van der Waals surface area (Å²) in [6.07, 6.45) is 8.32. The van der Waals surface area contributed by atoms with Crippen molar-refractivity contribution in [2.24, 2.45) is 9.50 Å². The molecule has 2 aliphatic carbocycles. The van der Waals surface area contributed by atoms with Gasteiger partial charge in [-0.3, -0.25) is 0 Å². The van der Waals surface area contributed by atoms with Crippen LogP contribution in [0, 0.1) is 0 Å². The Hall–Kier alpha value is -2.39. The highest BCUT2D eigenvalue weighted by Gasteiger charge is 2.38. The number of hydrogen-bond donors (Lipinski definition) is 2. The summed E-state index contributed by atoms with van der Waals surface area (Å²) in [5.41, 5.74) is 5.91. The number of anilines is 1. The molecule has 0 saturated heterocycles. The lowest BCUT2D eigenvalue weighted by atomic mass is 9.79. The molecular formula is C22H29N5O3S. The molecule has 0 spiro atoms. The summed E-state index contributed by atoms with van der Waals surface area (Å²) in [5, 5.41) is 13.2. The predicted molar refractivity (Wildman–Crippen MR) is 119 cm³/mol. The number of benzene rings is 1. The third-order valence-electron chi connectivity index (χ3n) is 7.09. The summed E-state index contributed by atoms with van der Waals surface area (Å²) < 4.78 is 24.3. The molecule has 2 unspecified atom stereocenters. The summed E-state index contributed by atoms with van der Waals surface area (Å²) in [6, 6.07) is 1.64. The van der Waals surface area contributed by atoms with Crippen molar-refractivity contribution in [2.75, 3.05) is 11.9 Å². The zero-order valence-corrected chi connectivity index (χ0v) is 18.9. The Bertz CT molecular complexity index is 1190. The highest BCUT2D eigenvalue weighted by molar-refractivity contribution is 7.91. The molecule has 2 aromatic rings. The number of aromatic nitrogens is 2. The van der Waals surface area contributed by atoms with Gasteiger partial charge in [-0.05, 0) is 66.2 Å². The molecular weight excluding hydrogens is 414 g/mol. The molecule has 0 fully saturated rings. The van der Waals surface area contributed by atoms with Crippen LogP contribution in [0.3, 0.4) is 0 Å². The minimum absolute atomic E-state index is 0.0127. The van der Waals surface area contributed by atoms with E-state index in [4.69, 9.17) is 9.88 Å². The molecule has 166 valence electrons. The fourth-order valence-corrected chi connectivity index (χ4v) is 6.27. The van der Waals surface area contributed by atoms with Gasteiger partial charge in [-0.15, -0.1) is 4.36 Å². The van der Waals surface area contributed by atoms with Gasteiger partial charge in [0.05, 0.1) is 12.8 Å². The summed E-state index contributed by atoms with van der Waals surface area (Å²) >= 11 is 0. The Morgan fingerprint density at radius 2 is 2.19 bits per heavy atom. The van der Waals surface area contributed by atoms with Crippen molar-refractivity contribution in [2.45, 2.75) is 75.6 Å². The normalized spacial score (nSPS) is 23.3. The molecule has 9 heteroatoms. The number of ether oxygens (including phenoxy) is 1. The fourth-order valence-electron chi connectivity index (χ4n) is 5.27. The minimum atomic E-state index is -3.49. The summed E-state index contributed by atoms with van der Waals surface area (Å²) in [4.78, 5) is 13.2. The van der Waals surface area contributed by atoms with Crippen molar-refractivity contribution in [1.29, 1.82) is 0 Å². The third-order valence-corrected chi connectivity index (χ3v) is 8.44. The second-order valence-corrected chi connectivity index (χ2v) is 10.8. The number of nitrogens with one attached hydrogen (secondary N) is 1. The lowest BCUT2D eigenvalue weighted by Gasteiger charge is -2.27. The maximum Gasteiger partial charge on any atom is 0.354 e. The van der Waals surface area contributed by atoms with Crippen LogP contribution in [0.1, 0.15) is 61.8 Å². The number of carbonyl (C=O) groups excluding carboxylic acids is 1. The van der Waals surface area contributed by atoms with E-state index in [2.05, 4.69) is 34.7 Å². The SMILES string of the molecule is CCC1(C)CCc2cc3c(c(NC(=O)N=S(N)(=O)c4cnn5c4OCCC5)c21)CCC3. The van der Waals surface area contributed by atoms with E-state index in [0.717, 1.165) is 50.6 Å². The number of urea groups is 1. The van der Waals surface area contributed by atoms with Crippen LogP contribution in [0.4, 0.5) is 10.5 Å².